The molecule has 25 heavy (non-hydrogen) atoms. The van der Waals surface area contributed by atoms with Gasteiger partial charge in [-0.3, -0.25) is 13.9 Å². The van der Waals surface area contributed by atoms with Gasteiger partial charge in [0.25, 0.3) is 0 Å². The topological polar surface area (TPSA) is 95.6 Å². The third kappa shape index (κ3) is 6.04. The number of carbonyl (C=O) groups excluding carboxylic acids is 2. The Kier molecular flexibility index (Phi) is 6.41. The van der Waals surface area contributed by atoms with Gasteiger partial charge in [-0.15, -0.1) is 0 Å². The number of carbonyl (C=O) groups is 2. The van der Waals surface area contributed by atoms with E-state index in [9.17, 15) is 18.0 Å². The molecular formula is C17H25N3O4S. The van der Waals surface area contributed by atoms with Gasteiger partial charge in [-0.1, -0.05) is 25.3 Å². The van der Waals surface area contributed by atoms with E-state index in [1.807, 2.05) is 0 Å². The number of nitrogens with one attached hydrogen (secondary N) is 2. The van der Waals surface area contributed by atoms with Gasteiger partial charge in [-0.05, 0) is 31.0 Å². The summed E-state index contributed by atoms with van der Waals surface area (Å²) in [6.45, 7) is 1.09. The zero-order chi connectivity index (χ0) is 18.4. The lowest BCUT2D eigenvalue weighted by Gasteiger charge is -2.26. The Labute approximate surface area is 148 Å². The Balaban J connectivity index is 2.13. The fourth-order valence-corrected chi connectivity index (χ4v) is 3.84. The summed E-state index contributed by atoms with van der Waals surface area (Å²) < 4.78 is 25.4. The second-order valence-corrected chi connectivity index (χ2v) is 8.31. The van der Waals surface area contributed by atoms with Crippen LogP contribution in [-0.2, 0) is 19.6 Å². The lowest BCUT2D eigenvalue weighted by molar-refractivity contribution is -0.120. The van der Waals surface area contributed by atoms with Crippen LogP contribution >= 0.6 is 0 Å². The van der Waals surface area contributed by atoms with Gasteiger partial charge in [0.2, 0.25) is 21.8 Å². The smallest absolute Gasteiger partial charge is 0.240 e. The van der Waals surface area contributed by atoms with E-state index < -0.39 is 10.0 Å². The molecule has 0 saturated heterocycles. The maximum atomic E-state index is 12.3. The molecule has 0 bridgehead atoms. The molecule has 1 saturated carbocycles. The van der Waals surface area contributed by atoms with Crippen LogP contribution in [0.5, 0.6) is 0 Å². The van der Waals surface area contributed by atoms with Crippen molar-refractivity contribution in [3.05, 3.63) is 24.3 Å². The van der Waals surface area contributed by atoms with E-state index in [0.29, 0.717) is 11.4 Å². The monoisotopic (exact) mass is 367 g/mol. The molecule has 2 rings (SSSR count). The molecule has 2 amide bonds. The Hall–Kier alpha value is -2.09. The fourth-order valence-electron chi connectivity index (χ4n) is 2.99. The average molecular weight is 367 g/mol. The molecule has 0 radical (unpaired) electrons. The number of hydrogen-bond acceptors (Lipinski definition) is 4. The number of anilines is 2. The third-order valence-corrected chi connectivity index (χ3v) is 5.25. The number of sulfonamides is 1. The highest BCUT2D eigenvalue weighted by molar-refractivity contribution is 7.92. The van der Waals surface area contributed by atoms with Crippen molar-refractivity contribution in [3.63, 3.8) is 0 Å². The summed E-state index contributed by atoms with van der Waals surface area (Å²) in [5.41, 5.74) is 0.818. The Morgan fingerprint density at radius 3 is 2.48 bits per heavy atom. The van der Waals surface area contributed by atoms with E-state index in [1.54, 1.807) is 18.2 Å². The van der Waals surface area contributed by atoms with Crippen LogP contribution in [0.15, 0.2) is 24.3 Å². The number of hydrogen-bond donors (Lipinski definition) is 2. The maximum Gasteiger partial charge on any atom is 0.240 e. The fraction of sp³-hybridized carbons (Fsp3) is 0.529. The van der Waals surface area contributed by atoms with Crippen LogP contribution in [0.4, 0.5) is 11.4 Å². The van der Waals surface area contributed by atoms with E-state index in [1.165, 1.54) is 19.4 Å². The predicted octanol–water partition coefficient (Wildman–Crippen LogP) is 1.86. The number of nitrogens with zero attached hydrogens (tertiary/aromatic N) is 1. The van der Waals surface area contributed by atoms with Crippen molar-refractivity contribution in [2.45, 2.75) is 45.1 Å². The van der Waals surface area contributed by atoms with Crippen molar-refractivity contribution in [1.29, 1.82) is 0 Å². The zero-order valence-electron chi connectivity index (χ0n) is 14.6. The van der Waals surface area contributed by atoms with Crippen molar-refractivity contribution < 1.29 is 18.0 Å². The summed E-state index contributed by atoms with van der Waals surface area (Å²) >= 11 is 0. The van der Waals surface area contributed by atoms with Gasteiger partial charge in [0.05, 0.1) is 11.9 Å². The first-order valence-corrected chi connectivity index (χ1v) is 10.3. The Morgan fingerprint density at radius 1 is 1.20 bits per heavy atom. The molecule has 1 fully saturated rings. The molecule has 1 aliphatic carbocycles. The van der Waals surface area contributed by atoms with Gasteiger partial charge in [0, 0.05) is 18.7 Å². The minimum absolute atomic E-state index is 0.119. The summed E-state index contributed by atoms with van der Waals surface area (Å²) in [6.07, 6.45) is 6.27. The molecule has 1 aliphatic rings. The first-order chi connectivity index (χ1) is 11.8. The van der Waals surface area contributed by atoms with E-state index in [0.717, 1.165) is 36.2 Å². The third-order valence-electron chi connectivity index (χ3n) is 4.11. The van der Waals surface area contributed by atoms with Gasteiger partial charge in [0.1, 0.15) is 6.54 Å². The van der Waals surface area contributed by atoms with E-state index in [2.05, 4.69) is 10.6 Å². The second kappa shape index (κ2) is 8.33. The van der Waals surface area contributed by atoms with Crippen LogP contribution in [0.2, 0.25) is 0 Å². The molecule has 0 atom stereocenters. The molecule has 1 aromatic carbocycles. The lowest BCUT2D eigenvalue weighted by atomic mass is 9.95. The van der Waals surface area contributed by atoms with E-state index in [4.69, 9.17) is 0 Å². The molecule has 8 heteroatoms. The molecule has 0 aliphatic heterocycles. The molecule has 2 N–H and O–H groups in total. The molecular weight excluding hydrogens is 342 g/mol. The normalized spacial score (nSPS) is 15.4. The van der Waals surface area contributed by atoms with E-state index in [-0.39, 0.29) is 24.4 Å². The standard InChI is InChI=1S/C17H25N3O4S/c1-13(21)18-15-9-6-10-16(11-15)20(25(2,23)24)12-17(22)19-14-7-4-3-5-8-14/h6,9-11,14H,3-5,7-8,12H2,1-2H3,(H,18,21)(H,19,22). The summed E-state index contributed by atoms with van der Waals surface area (Å²) in [5.74, 6) is -0.569. The summed E-state index contributed by atoms with van der Waals surface area (Å²) in [6, 6.07) is 6.55. The van der Waals surface area contributed by atoms with Gasteiger partial charge in [-0.25, -0.2) is 8.42 Å². The van der Waals surface area contributed by atoms with Crippen molar-refractivity contribution >= 4 is 33.2 Å². The first kappa shape index (κ1) is 19.2. The average Bonchev–Trinajstić information content (AvgIpc) is 2.52. The van der Waals surface area contributed by atoms with Gasteiger partial charge in [0.15, 0.2) is 0 Å². The summed E-state index contributed by atoms with van der Waals surface area (Å²) in [5, 5.41) is 5.53. The highest BCUT2D eigenvalue weighted by Gasteiger charge is 2.23. The summed E-state index contributed by atoms with van der Waals surface area (Å²) in [4.78, 5) is 23.5. The summed E-state index contributed by atoms with van der Waals surface area (Å²) in [7, 11) is -3.64. The lowest BCUT2D eigenvalue weighted by Crippen LogP contribution is -2.44. The van der Waals surface area contributed by atoms with Crippen LogP contribution < -0.4 is 14.9 Å². The molecule has 0 aromatic heterocycles. The van der Waals surface area contributed by atoms with Crippen LogP contribution in [0.1, 0.15) is 39.0 Å². The van der Waals surface area contributed by atoms with Gasteiger partial charge in [-0.2, -0.15) is 0 Å². The number of benzene rings is 1. The second-order valence-electron chi connectivity index (χ2n) is 6.40. The maximum absolute atomic E-state index is 12.3. The van der Waals surface area contributed by atoms with Crippen LogP contribution in [-0.4, -0.2) is 39.1 Å². The van der Waals surface area contributed by atoms with Gasteiger partial charge < -0.3 is 10.6 Å². The van der Waals surface area contributed by atoms with Crippen molar-refractivity contribution in [2.75, 3.05) is 22.4 Å². The molecule has 0 spiro atoms. The quantitative estimate of drug-likeness (QED) is 0.802. The number of amides is 2. The van der Waals surface area contributed by atoms with E-state index >= 15 is 0 Å². The largest absolute Gasteiger partial charge is 0.352 e. The van der Waals surface area contributed by atoms with Crippen LogP contribution in [0, 0.1) is 0 Å². The van der Waals surface area contributed by atoms with Crippen molar-refractivity contribution in [1.82, 2.24) is 5.32 Å². The SMILES string of the molecule is CC(=O)Nc1cccc(N(CC(=O)NC2CCCCC2)S(C)(=O)=O)c1. The van der Waals surface area contributed by atoms with Crippen LogP contribution in [0.3, 0.4) is 0 Å². The zero-order valence-corrected chi connectivity index (χ0v) is 15.4. The minimum atomic E-state index is -3.64. The molecule has 7 nitrogen and oxygen atoms in total. The van der Waals surface area contributed by atoms with Gasteiger partial charge >= 0.3 is 0 Å². The highest BCUT2D eigenvalue weighted by Crippen LogP contribution is 2.22. The minimum Gasteiger partial charge on any atom is -0.352 e. The molecule has 138 valence electrons. The van der Waals surface area contributed by atoms with Crippen molar-refractivity contribution in [2.24, 2.45) is 0 Å². The molecule has 0 heterocycles. The predicted molar refractivity (Wildman–Crippen MR) is 98.0 cm³/mol. The first-order valence-electron chi connectivity index (χ1n) is 8.40. The van der Waals surface area contributed by atoms with Crippen LogP contribution in [0.25, 0.3) is 0 Å². The van der Waals surface area contributed by atoms with Crippen molar-refractivity contribution in [3.8, 4) is 0 Å². The highest BCUT2D eigenvalue weighted by atomic mass is 32.2. The Bertz CT molecular complexity index is 727. The Morgan fingerprint density at radius 2 is 1.88 bits per heavy atom. The molecule has 0 unspecified atom stereocenters. The molecule has 1 aromatic rings. The number of rotatable bonds is 6.